The average Bonchev–Trinajstić information content (AvgIpc) is 2.73. The minimum absolute atomic E-state index is 0.246. The highest BCUT2D eigenvalue weighted by Crippen LogP contribution is 2.38. The normalized spacial score (nSPS) is 13.6. The molecular weight excluding hydrogens is 331 g/mol. The van der Waals surface area contributed by atoms with Crippen LogP contribution in [-0.4, -0.2) is 10.1 Å². The summed E-state index contributed by atoms with van der Waals surface area (Å²) in [6.07, 6.45) is -3.77. The molecule has 1 atom stereocenters. The Morgan fingerprint density at radius 3 is 2.56 bits per heavy atom. The zero-order valence-corrected chi connectivity index (χ0v) is 11.2. The van der Waals surface area contributed by atoms with Gasteiger partial charge in [0.15, 0.2) is 0 Å². The van der Waals surface area contributed by atoms with Crippen LogP contribution in [0.15, 0.2) is 33.7 Å². The first-order valence-corrected chi connectivity index (χ1v) is 6.55. The van der Waals surface area contributed by atoms with E-state index in [0.29, 0.717) is 10.0 Å². The van der Waals surface area contributed by atoms with Crippen molar-refractivity contribution in [1.82, 2.24) is 4.98 Å². The summed E-state index contributed by atoms with van der Waals surface area (Å²) in [5.41, 5.74) is -0.717. The van der Waals surface area contributed by atoms with E-state index < -0.39 is 17.8 Å². The molecule has 96 valence electrons. The maximum absolute atomic E-state index is 12.8. The van der Waals surface area contributed by atoms with Crippen LogP contribution in [0.4, 0.5) is 13.2 Å². The van der Waals surface area contributed by atoms with E-state index in [-0.39, 0.29) is 5.56 Å². The second kappa shape index (κ2) is 4.99. The largest absolute Gasteiger partial charge is 0.416 e. The molecule has 1 unspecified atom stereocenters. The van der Waals surface area contributed by atoms with Crippen LogP contribution in [0.2, 0.25) is 0 Å². The molecule has 0 spiro atoms. The Labute approximate surface area is 113 Å². The fourth-order valence-electron chi connectivity index (χ4n) is 1.54. The number of nitrogens with zero attached hydrogens (tertiary/aromatic N) is 1. The van der Waals surface area contributed by atoms with Crippen molar-refractivity contribution >= 4 is 27.3 Å². The third-order valence-electron chi connectivity index (χ3n) is 2.39. The van der Waals surface area contributed by atoms with Crippen LogP contribution in [0.3, 0.4) is 0 Å². The molecule has 2 rings (SSSR count). The van der Waals surface area contributed by atoms with Crippen LogP contribution < -0.4 is 0 Å². The molecule has 0 saturated carbocycles. The van der Waals surface area contributed by atoms with E-state index >= 15 is 0 Å². The predicted octanol–water partition coefficient (Wildman–Crippen LogP) is 4.01. The summed E-state index contributed by atoms with van der Waals surface area (Å²) in [7, 11) is 0. The lowest BCUT2D eigenvalue weighted by molar-refractivity contribution is -0.139. The number of alkyl halides is 3. The van der Waals surface area contributed by atoms with Crippen LogP contribution in [-0.2, 0) is 6.18 Å². The van der Waals surface area contributed by atoms with Gasteiger partial charge in [-0.3, -0.25) is 4.98 Å². The highest BCUT2D eigenvalue weighted by Gasteiger charge is 2.35. The molecule has 0 bridgehead atoms. The molecule has 0 amide bonds. The lowest BCUT2D eigenvalue weighted by Crippen LogP contribution is -2.13. The molecule has 0 aromatic carbocycles. The summed E-state index contributed by atoms with van der Waals surface area (Å²) < 4.78 is 39.0. The molecule has 0 aliphatic carbocycles. The third kappa shape index (κ3) is 2.57. The standard InChI is InChI=1S/C11H7BrF3NOS/c12-9-5-18-4-7(9)10(17)6-3-16-2-1-8(6)11(13,14)15/h1-5,10,17H. The molecule has 2 aromatic heterocycles. The van der Waals surface area contributed by atoms with Crippen molar-refractivity contribution in [3.63, 3.8) is 0 Å². The highest BCUT2D eigenvalue weighted by molar-refractivity contribution is 9.10. The Bertz CT molecular complexity index is 555. The van der Waals surface area contributed by atoms with Crippen molar-refractivity contribution in [3.8, 4) is 0 Å². The van der Waals surface area contributed by atoms with E-state index in [0.717, 1.165) is 18.5 Å². The van der Waals surface area contributed by atoms with Gasteiger partial charge in [-0.15, -0.1) is 0 Å². The summed E-state index contributed by atoms with van der Waals surface area (Å²) in [5, 5.41) is 13.3. The maximum atomic E-state index is 12.8. The smallest absolute Gasteiger partial charge is 0.384 e. The van der Waals surface area contributed by atoms with Crippen molar-refractivity contribution in [3.05, 3.63) is 50.4 Å². The quantitative estimate of drug-likeness (QED) is 0.898. The van der Waals surface area contributed by atoms with Gasteiger partial charge in [-0.2, -0.15) is 24.5 Å². The second-order valence-corrected chi connectivity index (χ2v) is 5.14. The molecular formula is C11H7BrF3NOS. The zero-order valence-electron chi connectivity index (χ0n) is 8.78. The first-order valence-electron chi connectivity index (χ1n) is 4.82. The van der Waals surface area contributed by atoms with Crippen LogP contribution in [0, 0.1) is 0 Å². The van der Waals surface area contributed by atoms with Gasteiger partial charge in [0, 0.05) is 33.4 Å². The van der Waals surface area contributed by atoms with E-state index in [1.54, 1.807) is 10.8 Å². The van der Waals surface area contributed by atoms with Crippen molar-refractivity contribution < 1.29 is 18.3 Å². The van der Waals surface area contributed by atoms with Gasteiger partial charge in [-0.05, 0) is 27.4 Å². The van der Waals surface area contributed by atoms with Gasteiger partial charge in [-0.1, -0.05) is 0 Å². The van der Waals surface area contributed by atoms with Gasteiger partial charge in [0.1, 0.15) is 6.10 Å². The van der Waals surface area contributed by atoms with Gasteiger partial charge < -0.3 is 5.11 Å². The van der Waals surface area contributed by atoms with E-state index in [1.165, 1.54) is 11.3 Å². The van der Waals surface area contributed by atoms with E-state index in [9.17, 15) is 18.3 Å². The molecule has 0 fully saturated rings. The number of rotatable bonds is 2. The van der Waals surface area contributed by atoms with Gasteiger partial charge >= 0.3 is 6.18 Å². The number of pyridine rings is 1. The third-order valence-corrected chi connectivity index (χ3v) is 4.14. The fraction of sp³-hybridized carbons (Fsp3) is 0.182. The lowest BCUT2D eigenvalue weighted by Gasteiger charge is -2.16. The lowest BCUT2D eigenvalue weighted by atomic mass is 10.0. The molecule has 0 aliphatic rings. The van der Waals surface area contributed by atoms with Crippen molar-refractivity contribution in [2.24, 2.45) is 0 Å². The van der Waals surface area contributed by atoms with Gasteiger partial charge in [0.2, 0.25) is 0 Å². The van der Waals surface area contributed by atoms with Crippen molar-refractivity contribution in [2.45, 2.75) is 12.3 Å². The first kappa shape index (κ1) is 13.5. The first-order chi connectivity index (χ1) is 8.41. The van der Waals surface area contributed by atoms with Crippen LogP contribution in [0.1, 0.15) is 22.8 Å². The Morgan fingerprint density at radius 1 is 1.28 bits per heavy atom. The number of halogens is 4. The SMILES string of the molecule is OC(c1cscc1Br)c1cnccc1C(F)(F)F. The number of aliphatic hydroxyl groups excluding tert-OH is 1. The summed E-state index contributed by atoms with van der Waals surface area (Å²) in [6, 6.07) is 0.860. The molecule has 0 saturated heterocycles. The topological polar surface area (TPSA) is 33.1 Å². The molecule has 1 N–H and O–H groups in total. The number of thiophene rings is 1. The molecule has 2 heterocycles. The number of aromatic nitrogens is 1. The van der Waals surface area contributed by atoms with Gasteiger partial charge in [0.25, 0.3) is 0 Å². The summed E-state index contributed by atoms with van der Waals surface area (Å²) in [5.74, 6) is 0. The highest BCUT2D eigenvalue weighted by atomic mass is 79.9. The Morgan fingerprint density at radius 2 is 2.00 bits per heavy atom. The summed E-state index contributed by atoms with van der Waals surface area (Å²) >= 11 is 4.48. The number of hydrogen-bond donors (Lipinski definition) is 1. The van der Waals surface area contributed by atoms with E-state index in [4.69, 9.17) is 0 Å². The van der Waals surface area contributed by atoms with Crippen LogP contribution in [0.5, 0.6) is 0 Å². The Kier molecular flexibility index (Phi) is 3.74. The molecule has 2 nitrogen and oxygen atoms in total. The number of aliphatic hydroxyl groups is 1. The summed E-state index contributed by atoms with van der Waals surface area (Å²) in [6.45, 7) is 0. The minimum Gasteiger partial charge on any atom is -0.384 e. The average molecular weight is 338 g/mol. The summed E-state index contributed by atoms with van der Waals surface area (Å²) in [4.78, 5) is 3.65. The molecule has 2 aromatic rings. The predicted molar refractivity (Wildman–Crippen MR) is 65.3 cm³/mol. The maximum Gasteiger partial charge on any atom is 0.416 e. The molecule has 0 radical (unpaired) electrons. The van der Waals surface area contributed by atoms with Crippen molar-refractivity contribution in [1.29, 1.82) is 0 Å². The van der Waals surface area contributed by atoms with E-state index in [2.05, 4.69) is 20.9 Å². The fourth-order valence-corrected chi connectivity index (χ4v) is 3.07. The van der Waals surface area contributed by atoms with Gasteiger partial charge in [0.05, 0.1) is 5.56 Å². The van der Waals surface area contributed by atoms with Crippen molar-refractivity contribution in [2.75, 3.05) is 0 Å². The number of hydrogen-bond acceptors (Lipinski definition) is 3. The molecule has 18 heavy (non-hydrogen) atoms. The second-order valence-electron chi connectivity index (χ2n) is 3.54. The van der Waals surface area contributed by atoms with Gasteiger partial charge in [-0.25, -0.2) is 0 Å². The Balaban J connectivity index is 2.49. The van der Waals surface area contributed by atoms with Crippen LogP contribution in [0.25, 0.3) is 0 Å². The zero-order chi connectivity index (χ0) is 13.3. The molecule has 0 aliphatic heterocycles. The minimum atomic E-state index is -4.51. The monoisotopic (exact) mass is 337 g/mol. The van der Waals surface area contributed by atoms with Crippen LogP contribution >= 0.6 is 27.3 Å². The Hall–Kier alpha value is -0.920. The van der Waals surface area contributed by atoms with E-state index in [1.807, 2.05) is 0 Å². The molecule has 7 heteroatoms.